The quantitative estimate of drug-likeness (QED) is 0.617. The third-order valence-corrected chi connectivity index (χ3v) is 6.54. The van der Waals surface area contributed by atoms with Crippen LogP contribution in [0.1, 0.15) is 12.5 Å². The van der Waals surface area contributed by atoms with Crippen molar-refractivity contribution in [2.24, 2.45) is 0 Å². The number of hydrogen-bond donors (Lipinski definition) is 0. The zero-order valence-corrected chi connectivity index (χ0v) is 17.4. The van der Waals surface area contributed by atoms with Gasteiger partial charge >= 0.3 is 5.97 Å². The van der Waals surface area contributed by atoms with E-state index < -0.39 is 22.5 Å². The summed E-state index contributed by atoms with van der Waals surface area (Å²) >= 11 is 12.3. The fraction of sp³-hybridized carbons (Fsp3) is 0.278. The van der Waals surface area contributed by atoms with E-state index in [4.69, 9.17) is 32.7 Å². The maximum atomic E-state index is 13.3. The van der Waals surface area contributed by atoms with Gasteiger partial charge in [0.1, 0.15) is 22.2 Å². The van der Waals surface area contributed by atoms with Crippen molar-refractivity contribution in [1.82, 2.24) is 0 Å². The molecule has 9 heteroatoms. The number of hydrogen-bond acceptors (Lipinski definition) is 5. The van der Waals surface area contributed by atoms with Crippen LogP contribution in [0.3, 0.4) is 0 Å². The van der Waals surface area contributed by atoms with Gasteiger partial charge in [0.2, 0.25) is 0 Å². The number of sulfonamides is 1. The lowest BCUT2D eigenvalue weighted by Gasteiger charge is -2.25. The lowest BCUT2D eigenvalue weighted by Crippen LogP contribution is -2.37. The number of esters is 1. The standard InChI is InChI=1S/C18H19Cl2NO5S/c1-4-26-16(22)11-21(13-8-6-5-7-12(13)2)27(23,24)15-10-9-14(25-3)17(19)18(15)20/h5-10H,4,11H2,1-3H3. The van der Waals surface area contributed by atoms with Crippen molar-refractivity contribution in [2.45, 2.75) is 18.7 Å². The Labute approximate surface area is 168 Å². The number of halogens is 2. The van der Waals surface area contributed by atoms with Crippen molar-refractivity contribution < 1.29 is 22.7 Å². The maximum Gasteiger partial charge on any atom is 0.326 e. The van der Waals surface area contributed by atoms with Crippen molar-refractivity contribution in [3.05, 3.63) is 52.0 Å². The van der Waals surface area contributed by atoms with Gasteiger partial charge in [0.25, 0.3) is 10.0 Å². The van der Waals surface area contributed by atoms with Crippen molar-refractivity contribution in [1.29, 1.82) is 0 Å². The molecule has 0 spiro atoms. The molecule has 0 atom stereocenters. The smallest absolute Gasteiger partial charge is 0.326 e. The second-order valence-electron chi connectivity index (χ2n) is 5.50. The van der Waals surface area contributed by atoms with Crippen LogP contribution in [0.4, 0.5) is 5.69 Å². The van der Waals surface area contributed by atoms with E-state index in [1.165, 1.54) is 19.2 Å². The summed E-state index contributed by atoms with van der Waals surface area (Å²) in [6.45, 7) is 3.02. The zero-order valence-electron chi connectivity index (χ0n) is 15.0. The summed E-state index contributed by atoms with van der Waals surface area (Å²) in [6.07, 6.45) is 0. The number of aryl methyl sites for hydroxylation is 1. The highest BCUT2D eigenvalue weighted by molar-refractivity contribution is 7.93. The lowest BCUT2D eigenvalue weighted by atomic mass is 10.2. The van der Waals surface area contributed by atoms with Gasteiger partial charge in [0.05, 0.1) is 24.4 Å². The number of methoxy groups -OCH3 is 1. The Kier molecular flexibility index (Phi) is 6.97. The van der Waals surface area contributed by atoms with E-state index in [1.54, 1.807) is 38.1 Å². The van der Waals surface area contributed by atoms with Gasteiger partial charge in [-0.2, -0.15) is 0 Å². The minimum Gasteiger partial charge on any atom is -0.495 e. The van der Waals surface area contributed by atoms with Crippen molar-refractivity contribution in [3.8, 4) is 5.75 Å². The Hall–Kier alpha value is -1.96. The average molecular weight is 432 g/mol. The number of carbonyl (C=O) groups is 1. The number of para-hydroxylation sites is 1. The van der Waals surface area contributed by atoms with Crippen LogP contribution in [-0.2, 0) is 19.6 Å². The van der Waals surface area contributed by atoms with Crippen LogP contribution in [0.2, 0.25) is 10.0 Å². The second-order valence-corrected chi connectivity index (χ2v) is 8.08. The number of nitrogens with zero attached hydrogens (tertiary/aromatic N) is 1. The number of carbonyl (C=O) groups excluding carboxylic acids is 1. The fourth-order valence-corrected chi connectivity index (χ4v) is 4.75. The SMILES string of the molecule is CCOC(=O)CN(c1ccccc1C)S(=O)(=O)c1ccc(OC)c(Cl)c1Cl. The fourth-order valence-electron chi connectivity index (χ4n) is 2.46. The first-order chi connectivity index (χ1) is 12.7. The summed E-state index contributed by atoms with van der Waals surface area (Å²) in [5, 5.41) is -0.209. The molecule has 0 aromatic heterocycles. The number of rotatable bonds is 7. The lowest BCUT2D eigenvalue weighted by molar-refractivity contribution is -0.141. The molecule has 0 unspecified atom stereocenters. The minimum atomic E-state index is -4.21. The summed E-state index contributed by atoms with van der Waals surface area (Å²) in [5.41, 5.74) is 1.01. The molecule has 0 bridgehead atoms. The van der Waals surface area contributed by atoms with E-state index in [0.717, 1.165) is 4.31 Å². The van der Waals surface area contributed by atoms with Crippen LogP contribution in [0.15, 0.2) is 41.3 Å². The molecule has 0 heterocycles. The van der Waals surface area contributed by atoms with Crippen LogP contribution < -0.4 is 9.04 Å². The molecule has 2 rings (SSSR count). The van der Waals surface area contributed by atoms with Crippen molar-refractivity contribution >= 4 is 44.9 Å². The van der Waals surface area contributed by atoms with Gasteiger partial charge in [0, 0.05) is 0 Å². The number of benzene rings is 2. The largest absolute Gasteiger partial charge is 0.495 e. The Morgan fingerprint density at radius 2 is 1.78 bits per heavy atom. The molecule has 0 radical (unpaired) electrons. The minimum absolute atomic E-state index is 0.0267. The molecule has 6 nitrogen and oxygen atoms in total. The third-order valence-electron chi connectivity index (χ3n) is 3.76. The number of anilines is 1. The summed E-state index contributed by atoms with van der Waals surface area (Å²) < 4.78 is 37.6. The van der Waals surface area contributed by atoms with E-state index in [2.05, 4.69) is 0 Å². The maximum absolute atomic E-state index is 13.3. The summed E-state index contributed by atoms with van der Waals surface area (Å²) in [7, 11) is -2.81. The Bertz CT molecular complexity index is 947. The molecule has 0 N–H and O–H groups in total. The van der Waals surface area contributed by atoms with E-state index in [9.17, 15) is 13.2 Å². The molecule has 0 aliphatic rings. The molecule has 2 aromatic carbocycles. The molecule has 0 aliphatic heterocycles. The molecular weight excluding hydrogens is 413 g/mol. The van der Waals surface area contributed by atoms with Gasteiger partial charge in [-0.05, 0) is 37.6 Å². The van der Waals surface area contributed by atoms with E-state index in [1.807, 2.05) is 0 Å². The molecule has 0 aliphatic carbocycles. The van der Waals surface area contributed by atoms with Crippen LogP contribution >= 0.6 is 23.2 Å². The van der Waals surface area contributed by atoms with Crippen molar-refractivity contribution in [3.63, 3.8) is 0 Å². The van der Waals surface area contributed by atoms with Gasteiger partial charge in [-0.25, -0.2) is 8.42 Å². The topological polar surface area (TPSA) is 72.9 Å². The Balaban J connectivity index is 2.62. The Morgan fingerprint density at radius 1 is 1.11 bits per heavy atom. The van der Waals surface area contributed by atoms with Gasteiger partial charge < -0.3 is 9.47 Å². The van der Waals surface area contributed by atoms with Crippen molar-refractivity contribution in [2.75, 3.05) is 24.6 Å². The van der Waals surface area contributed by atoms with Gasteiger partial charge in [-0.3, -0.25) is 9.10 Å². The van der Waals surface area contributed by atoms with Gasteiger partial charge in [-0.1, -0.05) is 41.4 Å². The summed E-state index contributed by atoms with van der Waals surface area (Å²) in [5.74, 6) is -0.437. The predicted molar refractivity (Wildman–Crippen MR) is 105 cm³/mol. The van der Waals surface area contributed by atoms with Crippen LogP contribution in [0.5, 0.6) is 5.75 Å². The molecule has 0 saturated heterocycles. The Morgan fingerprint density at radius 3 is 2.37 bits per heavy atom. The second kappa shape index (κ2) is 8.82. The molecule has 146 valence electrons. The number of ether oxygens (including phenoxy) is 2. The normalized spacial score (nSPS) is 11.1. The van der Waals surface area contributed by atoms with Gasteiger partial charge in [0.15, 0.2) is 0 Å². The van der Waals surface area contributed by atoms with Gasteiger partial charge in [-0.15, -0.1) is 0 Å². The monoisotopic (exact) mass is 431 g/mol. The van der Waals surface area contributed by atoms with E-state index >= 15 is 0 Å². The first-order valence-corrected chi connectivity index (χ1v) is 10.2. The first-order valence-electron chi connectivity index (χ1n) is 8.00. The molecule has 2 aromatic rings. The molecule has 27 heavy (non-hydrogen) atoms. The summed E-state index contributed by atoms with van der Waals surface area (Å²) in [6, 6.07) is 9.49. The highest BCUT2D eigenvalue weighted by atomic mass is 35.5. The van der Waals surface area contributed by atoms with E-state index in [-0.39, 0.29) is 27.3 Å². The highest BCUT2D eigenvalue weighted by Gasteiger charge is 2.31. The van der Waals surface area contributed by atoms with Crippen LogP contribution in [0.25, 0.3) is 0 Å². The predicted octanol–water partition coefficient (Wildman–Crippen LogP) is 4.07. The average Bonchev–Trinajstić information content (AvgIpc) is 2.62. The zero-order chi connectivity index (χ0) is 20.2. The van der Waals surface area contributed by atoms with Crippen LogP contribution in [-0.4, -0.2) is 34.6 Å². The highest BCUT2D eigenvalue weighted by Crippen LogP contribution is 2.38. The molecule has 0 fully saturated rings. The molecule has 0 saturated carbocycles. The first kappa shape index (κ1) is 21.3. The molecule has 0 amide bonds. The van der Waals surface area contributed by atoms with Crippen LogP contribution in [0, 0.1) is 6.92 Å². The van der Waals surface area contributed by atoms with E-state index in [0.29, 0.717) is 11.3 Å². The third kappa shape index (κ3) is 4.48. The summed E-state index contributed by atoms with van der Waals surface area (Å²) in [4.78, 5) is 11.8. The molecular formula is C18H19Cl2NO5S.